The summed E-state index contributed by atoms with van der Waals surface area (Å²) >= 11 is 10.1. The molecule has 0 spiro atoms. The van der Waals surface area contributed by atoms with Crippen molar-refractivity contribution in [1.29, 1.82) is 0 Å². The number of nitrogens with one attached hydrogen (secondary N) is 1. The number of amides is 1. The van der Waals surface area contributed by atoms with Gasteiger partial charge in [0.15, 0.2) is 0 Å². The molecule has 6 nitrogen and oxygen atoms in total. The zero-order chi connectivity index (χ0) is 31.4. The molecule has 2 aromatic carbocycles. The van der Waals surface area contributed by atoms with E-state index in [1.165, 1.54) is 0 Å². The number of carbonyl (C=O) groups excluding carboxylic acids is 1. The van der Waals surface area contributed by atoms with Gasteiger partial charge in [0, 0.05) is 39.3 Å². The summed E-state index contributed by atoms with van der Waals surface area (Å²) in [6.45, 7) is 2.24. The zero-order valence-corrected chi connectivity index (χ0v) is 28.5. The Kier molecular flexibility index (Phi) is 8.92. The van der Waals surface area contributed by atoms with E-state index in [2.05, 4.69) is 88.9 Å². The second-order valence-electron chi connectivity index (χ2n) is 13.7. The van der Waals surface area contributed by atoms with E-state index in [1.807, 2.05) is 43.3 Å². The van der Waals surface area contributed by atoms with Crippen LogP contribution in [0, 0.1) is 6.92 Å². The molecule has 0 radical (unpaired) electrons. The van der Waals surface area contributed by atoms with Gasteiger partial charge in [-0.2, -0.15) is 0 Å². The second-order valence-corrected chi connectivity index (χ2v) is 15.0. The molecule has 4 rings (SSSR count). The number of pyridine rings is 1. The molecule has 1 fully saturated rings. The summed E-state index contributed by atoms with van der Waals surface area (Å²) in [6, 6.07) is 13.2. The summed E-state index contributed by atoms with van der Waals surface area (Å²) in [6.07, 6.45) is 0.331. The molecule has 1 atom stereocenters. The predicted octanol–water partition coefficient (Wildman–Crippen LogP) is -2.24. The minimum atomic E-state index is -0.884. The van der Waals surface area contributed by atoms with Gasteiger partial charge >= 0.3 is 5.97 Å². The maximum Gasteiger partial charge on any atom is 0.303 e. The van der Waals surface area contributed by atoms with E-state index in [1.54, 1.807) is 6.07 Å². The first-order valence-corrected chi connectivity index (χ1v) is 15.7. The van der Waals surface area contributed by atoms with Crippen molar-refractivity contribution in [2.24, 2.45) is 0 Å². The van der Waals surface area contributed by atoms with Crippen LogP contribution in [-0.4, -0.2) is 102 Å². The highest BCUT2D eigenvalue weighted by Gasteiger charge is 2.65. The monoisotopic (exact) mass is 639 g/mol. The van der Waals surface area contributed by atoms with Gasteiger partial charge in [0.25, 0.3) is 5.91 Å². The first-order valence-electron chi connectivity index (χ1n) is 14.5. The van der Waals surface area contributed by atoms with Gasteiger partial charge in [0.05, 0.1) is 42.5 Å². The third-order valence-electron chi connectivity index (χ3n) is 10.9. The highest BCUT2D eigenvalue weighted by atomic mass is 79.9. The number of aromatic nitrogens is 1. The van der Waals surface area contributed by atoms with Crippen LogP contribution < -0.4 is 10.2 Å². The van der Waals surface area contributed by atoms with Crippen molar-refractivity contribution in [3.8, 4) is 0 Å². The van der Waals surface area contributed by atoms with Gasteiger partial charge in [0.1, 0.15) is 37.2 Å². The minimum absolute atomic E-state index is 0.0230. The summed E-state index contributed by atoms with van der Waals surface area (Å²) < 4.78 is 0.859. The third kappa shape index (κ3) is 5.27. The van der Waals surface area contributed by atoms with Gasteiger partial charge in [-0.1, -0.05) is 56.2 Å². The number of hydrogen-bond acceptors (Lipinski definition) is 4. The normalized spacial score (nSPS) is 18.9. The number of rotatable bonds is 8. The second kappa shape index (κ2) is 11.4. The Morgan fingerprint density at radius 3 is 2.19 bits per heavy atom. The number of hydrogen-bond donors (Lipinski definition) is 2. The Balaban J connectivity index is 1.83. The first-order chi connectivity index (χ1) is 19.4. The Bertz CT molecular complexity index is 1550. The smallest absolute Gasteiger partial charge is 0.303 e. The van der Waals surface area contributed by atoms with E-state index in [9.17, 15) is 14.7 Å². The van der Waals surface area contributed by atoms with Crippen molar-refractivity contribution in [3.63, 3.8) is 0 Å². The predicted molar refractivity (Wildman–Crippen MR) is 199 cm³/mol. The average molecular weight is 639 g/mol. The average Bonchev–Trinajstić information content (AvgIpc) is 2.95. The molecular formula is C26H35B8BrClN3O3. The number of aliphatic carboxylic acids is 1. The lowest BCUT2D eigenvalue weighted by Gasteiger charge is -2.47. The van der Waals surface area contributed by atoms with Crippen LogP contribution >= 0.6 is 27.5 Å². The summed E-state index contributed by atoms with van der Waals surface area (Å²) in [5, 5.41) is 13.1. The first kappa shape index (κ1) is 32.8. The zero-order valence-electron chi connectivity index (χ0n) is 26.2. The van der Waals surface area contributed by atoms with Gasteiger partial charge in [-0.3, -0.25) is 9.59 Å². The van der Waals surface area contributed by atoms with Crippen molar-refractivity contribution < 1.29 is 14.7 Å². The molecule has 3 aromatic rings. The van der Waals surface area contributed by atoms with Crippen LogP contribution in [0.4, 0.5) is 5.82 Å². The van der Waals surface area contributed by atoms with Crippen molar-refractivity contribution in [2.45, 2.75) is 46.8 Å². The van der Waals surface area contributed by atoms with Crippen LogP contribution in [0.15, 0.2) is 46.9 Å². The molecule has 1 unspecified atom stereocenters. The Morgan fingerprint density at radius 2 is 1.62 bits per heavy atom. The quantitative estimate of drug-likeness (QED) is 0.273. The number of halogens is 2. The number of anilines is 1. The molecule has 1 aliphatic heterocycles. The van der Waals surface area contributed by atoms with E-state index in [0.29, 0.717) is 17.0 Å². The van der Waals surface area contributed by atoms with Crippen LogP contribution in [0.1, 0.15) is 40.2 Å². The lowest BCUT2D eigenvalue weighted by Crippen LogP contribution is -2.60. The Hall–Kier alpha value is -2.12. The Morgan fingerprint density at radius 1 is 1.02 bits per heavy atom. The number of carbonyl (C=O) groups is 2. The van der Waals surface area contributed by atoms with Crippen LogP contribution in [-0.2, 0) is 4.79 Å². The van der Waals surface area contributed by atoms with Gasteiger partial charge < -0.3 is 15.3 Å². The molecule has 1 aromatic heterocycles. The number of carboxylic acid groups (broad SMARTS) is 1. The summed E-state index contributed by atoms with van der Waals surface area (Å²) in [4.78, 5) is 33.2. The molecule has 16 heteroatoms. The van der Waals surface area contributed by atoms with Crippen molar-refractivity contribution >= 4 is 119 Å². The van der Waals surface area contributed by atoms with Gasteiger partial charge in [-0.05, 0) is 53.8 Å². The fourth-order valence-corrected chi connectivity index (χ4v) is 7.57. The van der Waals surface area contributed by atoms with Gasteiger partial charge in [-0.25, -0.2) is 4.98 Å². The molecule has 42 heavy (non-hydrogen) atoms. The molecular weight excluding hydrogens is 604 g/mol. The largest absolute Gasteiger partial charge is 0.481 e. The topological polar surface area (TPSA) is 82.5 Å². The molecule has 1 amide bonds. The highest BCUT2D eigenvalue weighted by Crippen LogP contribution is 2.64. The number of carboxylic acids is 1. The molecule has 0 aliphatic carbocycles. The van der Waals surface area contributed by atoms with Gasteiger partial charge in [0.2, 0.25) is 0 Å². The number of benzene rings is 2. The fraction of sp³-hybridized carbons (Fsp3) is 0.346. The van der Waals surface area contributed by atoms with Crippen molar-refractivity contribution in [3.05, 3.63) is 68.7 Å². The molecule has 0 bridgehead atoms. The lowest BCUT2D eigenvalue weighted by atomic mass is 9.17. The lowest BCUT2D eigenvalue weighted by molar-refractivity contribution is -0.137. The maximum atomic E-state index is 14.2. The van der Waals surface area contributed by atoms with Crippen LogP contribution in [0.2, 0.25) is 15.5 Å². The molecule has 0 saturated carbocycles. The van der Waals surface area contributed by atoms with Crippen molar-refractivity contribution in [2.75, 3.05) is 11.4 Å². The molecule has 1 aliphatic rings. The summed E-state index contributed by atoms with van der Waals surface area (Å²) in [7, 11) is 18.4. The van der Waals surface area contributed by atoms with E-state index in [4.69, 9.17) is 16.6 Å². The minimum Gasteiger partial charge on any atom is -0.481 e. The molecule has 2 N–H and O–H groups in total. The molecule has 1 saturated heterocycles. The molecule has 2 heterocycles. The number of nitrogens with zero attached hydrogens (tertiary/aromatic N) is 2. The van der Waals surface area contributed by atoms with E-state index < -0.39 is 5.97 Å². The van der Waals surface area contributed by atoms with E-state index >= 15 is 0 Å². The molecule has 210 valence electrons. The standard InChI is InChI=1S/C26H35B8BrClN3O3/c1-12-20(22(42)37-11-13(6-9-19(40)41)15-4-2-3-5-17(15)36)16-10-14(35)7-8-18(16)38-21(12)39-25(31,32)23(27,28)24(29,30)26(39,33)34/h2-5,7-8,10,13H,6,9,11,27-34H2,1H3,(H,37,42)(H,40,41). The summed E-state index contributed by atoms with van der Waals surface area (Å²) in [5.41, 5.74) is 2.95. The van der Waals surface area contributed by atoms with E-state index in [-0.39, 0.29) is 45.9 Å². The number of fused-ring (bicyclic) bond motifs is 1. The van der Waals surface area contributed by atoms with Crippen LogP contribution in [0.5, 0.6) is 0 Å². The maximum absolute atomic E-state index is 14.2. The highest BCUT2D eigenvalue weighted by molar-refractivity contribution is 9.10. The SMILES string of the molecule is BC1(B)N(c2nc3ccc(Br)cc3c(C(=O)NCC(CCC(=O)O)c3ccccc3Cl)c2C)C(B)(B)C(B)(B)C1(B)B. The van der Waals surface area contributed by atoms with Crippen LogP contribution in [0.3, 0.4) is 0 Å². The third-order valence-corrected chi connectivity index (χ3v) is 11.7. The van der Waals surface area contributed by atoms with Crippen LogP contribution in [0.25, 0.3) is 10.9 Å². The Labute approximate surface area is 269 Å². The van der Waals surface area contributed by atoms with Gasteiger partial charge in [-0.15, -0.1) is 0 Å². The van der Waals surface area contributed by atoms with Crippen molar-refractivity contribution in [1.82, 2.24) is 10.3 Å². The van der Waals surface area contributed by atoms with E-state index in [0.717, 1.165) is 32.3 Å². The fourth-order valence-electron chi connectivity index (χ4n) is 6.92. The summed E-state index contributed by atoms with van der Waals surface area (Å²) in [5.74, 6) is -0.556.